The van der Waals surface area contributed by atoms with E-state index in [2.05, 4.69) is 5.16 Å². The molecule has 182 valence electrons. The Morgan fingerprint density at radius 2 is 1.94 bits per heavy atom. The number of piperidine rings is 1. The van der Waals surface area contributed by atoms with Crippen LogP contribution >= 0.6 is 11.6 Å². The highest BCUT2D eigenvalue weighted by Gasteiger charge is 2.42. The minimum Gasteiger partial charge on any atom is -0.619 e. The van der Waals surface area contributed by atoms with Crippen LogP contribution in [0.3, 0.4) is 0 Å². The number of aromatic nitrogens is 1. The second kappa shape index (κ2) is 12.3. The number of hydrogen-bond donors (Lipinski definition) is 3. The first kappa shape index (κ1) is 26.3. The van der Waals surface area contributed by atoms with Crippen LogP contribution in [0.2, 0.25) is 0 Å². The summed E-state index contributed by atoms with van der Waals surface area (Å²) in [6.07, 6.45) is 2.35. The number of pyridine rings is 1. The lowest BCUT2D eigenvalue weighted by Crippen LogP contribution is -2.45. The third-order valence-corrected chi connectivity index (χ3v) is 5.19. The first-order valence-corrected chi connectivity index (χ1v) is 10.6. The van der Waals surface area contributed by atoms with Crippen molar-refractivity contribution in [3.63, 3.8) is 0 Å². The molecule has 0 aliphatic carbocycles. The van der Waals surface area contributed by atoms with Gasteiger partial charge in [0.05, 0.1) is 18.4 Å². The highest BCUT2D eigenvalue weighted by molar-refractivity contribution is 6.69. The van der Waals surface area contributed by atoms with Crippen LogP contribution in [0.5, 0.6) is 0 Å². The topological polar surface area (TPSA) is 173 Å². The van der Waals surface area contributed by atoms with E-state index in [-0.39, 0.29) is 18.3 Å². The molecule has 2 rings (SSSR count). The van der Waals surface area contributed by atoms with Crippen LogP contribution in [-0.4, -0.2) is 81.2 Å². The predicted octanol–water partition coefficient (Wildman–Crippen LogP) is 0.315. The van der Waals surface area contributed by atoms with Gasteiger partial charge in [-0.3, -0.25) is 14.5 Å². The summed E-state index contributed by atoms with van der Waals surface area (Å²) < 4.78 is 5.84. The summed E-state index contributed by atoms with van der Waals surface area (Å²) in [5, 5.41) is 43.0. The number of hydrogen-bond acceptors (Lipinski definition) is 9. The zero-order chi connectivity index (χ0) is 24.4. The van der Waals surface area contributed by atoms with E-state index in [0.717, 1.165) is 32.4 Å². The van der Waals surface area contributed by atoms with Gasteiger partial charge in [-0.1, -0.05) is 23.2 Å². The number of esters is 1. The second-order valence-corrected chi connectivity index (χ2v) is 8.05. The maximum absolute atomic E-state index is 12.3. The van der Waals surface area contributed by atoms with Crippen molar-refractivity contribution in [2.45, 2.75) is 43.8 Å². The Kier molecular flexibility index (Phi) is 9.82. The summed E-state index contributed by atoms with van der Waals surface area (Å²) in [6, 6.07) is 3.02. The first-order valence-electron chi connectivity index (χ1n) is 10.2. The summed E-state index contributed by atoms with van der Waals surface area (Å²) in [6.45, 7) is 1.55. The van der Waals surface area contributed by atoms with Crippen molar-refractivity contribution in [1.82, 2.24) is 4.90 Å². The quantitative estimate of drug-likeness (QED) is 0.122. The molecule has 1 aromatic heterocycles. The number of carbonyl (C=O) groups is 3. The van der Waals surface area contributed by atoms with Crippen LogP contribution in [0.1, 0.15) is 37.7 Å². The molecule has 1 aromatic rings. The van der Waals surface area contributed by atoms with Crippen molar-refractivity contribution in [3.8, 4) is 0 Å². The molecular formula is C20H26ClN3O9. The number of oxime groups is 1. The van der Waals surface area contributed by atoms with Gasteiger partial charge in [0.2, 0.25) is 0 Å². The molecule has 0 bridgehead atoms. The van der Waals surface area contributed by atoms with Gasteiger partial charge in [-0.25, -0.2) is 4.79 Å². The minimum absolute atomic E-state index is 0.107. The lowest BCUT2D eigenvalue weighted by molar-refractivity contribution is -0.605. The average molecular weight is 488 g/mol. The zero-order valence-electron chi connectivity index (χ0n) is 17.8. The number of aliphatic hydroxyl groups is 1. The maximum atomic E-state index is 12.3. The molecule has 2 atom stereocenters. The number of carboxylic acid groups (broad SMARTS) is 2. The Bertz CT molecular complexity index is 876. The second-order valence-electron chi connectivity index (χ2n) is 7.69. The number of nitrogens with zero attached hydrogens (tertiary/aromatic N) is 3. The summed E-state index contributed by atoms with van der Waals surface area (Å²) >= 11 is 6.03. The fourth-order valence-electron chi connectivity index (χ4n) is 3.29. The van der Waals surface area contributed by atoms with Gasteiger partial charge in [-0.15, -0.1) is 0 Å². The van der Waals surface area contributed by atoms with Gasteiger partial charge in [0.1, 0.15) is 0 Å². The molecule has 1 saturated heterocycles. The van der Waals surface area contributed by atoms with Crippen LogP contribution in [0, 0.1) is 5.21 Å². The van der Waals surface area contributed by atoms with Crippen molar-refractivity contribution in [3.05, 3.63) is 35.3 Å². The van der Waals surface area contributed by atoms with Crippen LogP contribution in [0.25, 0.3) is 0 Å². The molecule has 12 nitrogen and oxygen atoms in total. The van der Waals surface area contributed by atoms with E-state index in [1.165, 1.54) is 18.5 Å². The number of rotatable bonds is 12. The van der Waals surface area contributed by atoms with Gasteiger partial charge in [0.15, 0.2) is 35.9 Å². The first-order chi connectivity index (χ1) is 15.6. The number of carboxylic acids is 2. The number of halogens is 1. The number of likely N-dealkylation sites (tertiary alicyclic amines) is 1. The molecule has 1 aliphatic rings. The zero-order valence-corrected chi connectivity index (χ0v) is 18.5. The molecule has 0 aromatic carbocycles. The highest BCUT2D eigenvalue weighted by atomic mass is 35.5. The molecule has 0 saturated carbocycles. The third-order valence-electron chi connectivity index (χ3n) is 4.91. The maximum Gasteiger partial charge on any atom is 0.336 e. The minimum atomic E-state index is -2.80. The van der Waals surface area contributed by atoms with E-state index in [4.69, 9.17) is 31.4 Å². The molecule has 33 heavy (non-hydrogen) atoms. The van der Waals surface area contributed by atoms with Crippen LogP contribution in [0.4, 0.5) is 0 Å². The van der Waals surface area contributed by atoms with Gasteiger partial charge >= 0.3 is 17.9 Å². The SMILES string of the molecule is O=C(O)CC(O)(CC(=O)OC(CON=C(Cl)c1ccc[n+]([O-])c1)CN1CCCCC1)C(=O)O. The van der Waals surface area contributed by atoms with Gasteiger partial charge in [-0.2, -0.15) is 4.73 Å². The fraction of sp³-hybridized carbons (Fsp3) is 0.550. The lowest BCUT2D eigenvalue weighted by atomic mass is 9.96. The van der Waals surface area contributed by atoms with Crippen molar-refractivity contribution < 1.29 is 44.0 Å². The molecule has 1 fully saturated rings. The lowest BCUT2D eigenvalue weighted by Gasteiger charge is -2.30. The Labute approximate surface area is 194 Å². The van der Waals surface area contributed by atoms with E-state index in [1.807, 2.05) is 4.90 Å². The summed E-state index contributed by atoms with van der Waals surface area (Å²) in [7, 11) is 0. The van der Waals surface area contributed by atoms with Crippen molar-refractivity contribution >= 4 is 34.7 Å². The van der Waals surface area contributed by atoms with E-state index in [0.29, 0.717) is 10.3 Å². The molecule has 1 aliphatic heterocycles. The van der Waals surface area contributed by atoms with Crippen LogP contribution in [0.15, 0.2) is 29.7 Å². The summed E-state index contributed by atoms with van der Waals surface area (Å²) in [4.78, 5) is 41.7. The third kappa shape index (κ3) is 8.83. The largest absolute Gasteiger partial charge is 0.619 e. The number of aliphatic carboxylic acids is 2. The van der Waals surface area contributed by atoms with Crippen molar-refractivity contribution in [1.29, 1.82) is 0 Å². The number of carbonyl (C=O) groups excluding carboxylic acids is 1. The molecule has 2 heterocycles. The molecule has 0 amide bonds. The predicted molar refractivity (Wildman–Crippen MR) is 113 cm³/mol. The Morgan fingerprint density at radius 1 is 1.24 bits per heavy atom. The monoisotopic (exact) mass is 487 g/mol. The van der Waals surface area contributed by atoms with Crippen LogP contribution in [-0.2, 0) is 24.0 Å². The molecule has 0 spiro atoms. The number of ether oxygens (including phenoxy) is 1. The highest BCUT2D eigenvalue weighted by Crippen LogP contribution is 2.18. The molecule has 3 N–H and O–H groups in total. The summed E-state index contributed by atoms with van der Waals surface area (Å²) in [5.74, 6) is -4.52. The fourth-order valence-corrected chi connectivity index (χ4v) is 3.45. The van der Waals surface area contributed by atoms with Gasteiger partial charge in [-0.05, 0) is 32.0 Å². The normalized spacial score (nSPS) is 17.6. The van der Waals surface area contributed by atoms with E-state index in [1.54, 1.807) is 6.07 Å². The van der Waals surface area contributed by atoms with Gasteiger partial charge < -0.3 is 30.1 Å². The van der Waals surface area contributed by atoms with E-state index >= 15 is 0 Å². The van der Waals surface area contributed by atoms with Crippen molar-refractivity contribution in [2.75, 3.05) is 26.2 Å². The molecule has 0 radical (unpaired) electrons. The van der Waals surface area contributed by atoms with E-state index < -0.39 is 42.5 Å². The Hall–Kier alpha value is -2.96. The summed E-state index contributed by atoms with van der Waals surface area (Å²) in [5.41, 5.74) is -2.50. The average Bonchev–Trinajstić information content (AvgIpc) is 2.73. The van der Waals surface area contributed by atoms with Crippen LogP contribution < -0.4 is 4.73 Å². The Morgan fingerprint density at radius 3 is 2.55 bits per heavy atom. The van der Waals surface area contributed by atoms with Gasteiger partial charge in [0.25, 0.3) is 0 Å². The Balaban J connectivity index is 2.04. The van der Waals surface area contributed by atoms with Gasteiger partial charge in [0, 0.05) is 12.6 Å². The molecule has 13 heteroatoms. The molecule has 2 unspecified atom stereocenters. The standard InChI is InChI=1S/C20H26ClN3O9/c21-18(14-5-4-8-24(31)11-14)22-32-13-15(12-23-6-2-1-3-7-23)33-17(27)10-20(30,19(28)29)9-16(25)26/h4-5,8,11,15,30H,1-3,6-7,9-10,12-13H2,(H,25,26)(H,28,29). The van der Waals surface area contributed by atoms with Crippen molar-refractivity contribution in [2.24, 2.45) is 5.16 Å². The molecular weight excluding hydrogens is 462 g/mol. The van der Waals surface area contributed by atoms with E-state index in [9.17, 15) is 24.7 Å². The smallest absolute Gasteiger partial charge is 0.336 e.